The molecule has 0 saturated carbocycles. The molecule has 2 aromatic carbocycles. The number of benzene rings is 2. The van der Waals surface area contributed by atoms with Crippen molar-refractivity contribution in [3.05, 3.63) is 89.0 Å². The van der Waals surface area contributed by atoms with Gasteiger partial charge in [0.05, 0.1) is 5.56 Å². The minimum Gasteiger partial charge on any atom is -0.434 e. The number of ether oxygens (including phenoxy) is 1. The molecule has 0 aliphatic carbocycles. The minimum atomic E-state index is -4.56. The van der Waals surface area contributed by atoms with Crippen molar-refractivity contribution in [3.63, 3.8) is 0 Å². The largest absolute Gasteiger partial charge is 0.434 e. The lowest BCUT2D eigenvalue weighted by Gasteiger charge is -2.26. The van der Waals surface area contributed by atoms with E-state index in [9.17, 15) is 36.2 Å². The van der Waals surface area contributed by atoms with Gasteiger partial charge in [-0.3, -0.25) is 9.78 Å². The van der Waals surface area contributed by atoms with Crippen LogP contribution in [0.2, 0.25) is 0 Å². The number of hydrogen-bond acceptors (Lipinski definition) is 4. The third-order valence-corrected chi connectivity index (χ3v) is 5.13. The molecule has 3 rings (SSSR count). The zero-order valence-electron chi connectivity index (χ0n) is 18.3. The number of carbonyl (C=O) groups excluding carboxylic acids is 1. The fourth-order valence-corrected chi connectivity index (χ4v) is 3.25. The summed E-state index contributed by atoms with van der Waals surface area (Å²) in [7, 11) is 0. The molecule has 0 bridgehead atoms. The Morgan fingerprint density at radius 3 is 2.34 bits per heavy atom. The Kier molecular flexibility index (Phi) is 8.00. The highest BCUT2D eigenvalue weighted by Gasteiger charge is 2.31. The van der Waals surface area contributed by atoms with Gasteiger partial charge in [0, 0.05) is 36.6 Å². The van der Waals surface area contributed by atoms with E-state index in [1.807, 2.05) is 0 Å². The van der Waals surface area contributed by atoms with Crippen molar-refractivity contribution < 1.29 is 41.0 Å². The first-order valence-electron chi connectivity index (χ1n) is 10.3. The predicted octanol–water partition coefficient (Wildman–Crippen LogP) is 5.46. The SMILES string of the molecule is Cc1ccc(N(CCc2ccc(C(F)(F)F)cn2)C(=O)C(O)c2ccc(F)cc2)cc1OC(F)F. The highest BCUT2D eigenvalue weighted by molar-refractivity contribution is 5.97. The summed E-state index contributed by atoms with van der Waals surface area (Å²) in [5.74, 6) is -1.64. The molecule has 11 heteroatoms. The van der Waals surface area contributed by atoms with Gasteiger partial charge in [-0.05, 0) is 48.4 Å². The van der Waals surface area contributed by atoms with Gasteiger partial charge in [-0.15, -0.1) is 0 Å². The molecule has 0 saturated heterocycles. The summed E-state index contributed by atoms with van der Waals surface area (Å²) in [6.45, 7) is -1.76. The molecule has 5 nitrogen and oxygen atoms in total. The van der Waals surface area contributed by atoms with Gasteiger partial charge in [-0.25, -0.2) is 4.39 Å². The highest BCUT2D eigenvalue weighted by Crippen LogP contribution is 2.30. The van der Waals surface area contributed by atoms with Crippen LogP contribution >= 0.6 is 0 Å². The van der Waals surface area contributed by atoms with E-state index < -0.39 is 36.2 Å². The fraction of sp³-hybridized carbons (Fsp3) is 0.250. The second kappa shape index (κ2) is 10.8. The van der Waals surface area contributed by atoms with Gasteiger partial charge in [0.2, 0.25) is 0 Å². The standard InChI is InChI=1S/C24H20F6N2O3/c1-14-2-9-19(12-20(14)35-23(26)27)32(22(34)21(33)15-3-6-17(25)7-4-15)11-10-18-8-5-16(13-31-18)24(28,29)30/h2-9,12-13,21,23,33H,10-11H2,1H3. The topological polar surface area (TPSA) is 62.7 Å². The molecule has 0 fully saturated rings. The summed E-state index contributed by atoms with van der Waals surface area (Å²) < 4.78 is 81.7. The van der Waals surface area contributed by atoms with Crippen molar-refractivity contribution in [2.75, 3.05) is 11.4 Å². The number of nitrogens with zero attached hydrogens (tertiary/aromatic N) is 2. The van der Waals surface area contributed by atoms with Crippen LogP contribution in [0, 0.1) is 12.7 Å². The van der Waals surface area contributed by atoms with Crippen LogP contribution in [-0.2, 0) is 17.4 Å². The van der Waals surface area contributed by atoms with Crippen LogP contribution in [0.4, 0.5) is 32.0 Å². The molecule has 1 atom stereocenters. The normalized spacial score (nSPS) is 12.5. The molecular weight excluding hydrogens is 478 g/mol. The monoisotopic (exact) mass is 498 g/mol. The Morgan fingerprint density at radius 2 is 1.77 bits per heavy atom. The van der Waals surface area contributed by atoms with Gasteiger partial charge >= 0.3 is 12.8 Å². The first kappa shape index (κ1) is 26.0. The van der Waals surface area contributed by atoms with E-state index in [0.717, 1.165) is 29.2 Å². The summed E-state index contributed by atoms with van der Waals surface area (Å²) >= 11 is 0. The number of aryl methyl sites for hydroxylation is 1. The molecule has 35 heavy (non-hydrogen) atoms. The molecule has 0 aliphatic heterocycles. The summed E-state index contributed by atoms with van der Waals surface area (Å²) in [6.07, 6.45) is -5.64. The average molecular weight is 498 g/mol. The number of aromatic nitrogens is 1. The second-order valence-electron chi connectivity index (χ2n) is 7.56. The van der Waals surface area contributed by atoms with Crippen LogP contribution in [0.15, 0.2) is 60.8 Å². The van der Waals surface area contributed by atoms with Crippen LogP contribution < -0.4 is 9.64 Å². The van der Waals surface area contributed by atoms with E-state index in [0.29, 0.717) is 11.8 Å². The number of amides is 1. The number of carbonyl (C=O) groups is 1. The van der Waals surface area contributed by atoms with Gasteiger partial charge in [0.1, 0.15) is 11.6 Å². The van der Waals surface area contributed by atoms with Crippen LogP contribution in [0.5, 0.6) is 5.75 Å². The summed E-state index contributed by atoms with van der Waals surface area (Å²) in [5.41, 5.74) is -0.157. The Morgan fingerprint density at radius 1 is 1.09 bits per heavy atom. The number of pyridine rings is 1. The molecule has 3 aromatic rings. The molecule has 1 aromatic heterocycles. The van der Waals surface area contributed by atoms with Crippen LogP contribution in [-0.4, -0.2) is 29.2 Å². The maximum absolute atomic E-state index is 13.2. The van der Waals surface area contributed by atoms with Gasteiger partial charge in [-0.1, -0.05) is 18.2 Å². The van der Waals surface area contributed by atoms with Crippen LogP contribution in [0.1, 0.15) is 28.5 Å². The molecule has 1 N–H and O–H groups in total. The number of aliphatic hydroxyl groups excluding tert-OH is 1. The number of halogens is 6. The maximum atomic E-state index is 13.2. The second-order valence-corrected chi connectivity index (χ2v) is 7.56. The molecule has 1 heterocycles. The lowest BCUT2D eigenvalue weighted by Crippen LogP contribution is -2.37. The smallest absolute Gasteiger partial charge is 0.417 e. The Balaban J connectivity index is 1.90. The minimum absolute atomic E-state index is 0.0150. The Labute approximate surface area is 196 Å². The summed E-state index contributed by atoms with van der Waals surface area (Å²) in [4.78, 5) is 18.0. The quantitative estimate of drug-likeness (QED) is 0.419. The predicted molar refractivity (Wildman–Crippen MR) is 114 cm³/mol. The third kappa shape index (κ3) is 6.72. The molecule has 186 valence electrons. The van der Waals surface area contributed by atoms with Gasteiger partial charge in [-0.2, -0.15) is 22.0 Å². The molecule has 1 amide bonds. The van der Waals surface area contributed by atoms with E-state index in [-0.39, 0.29) is 35.7 Å². The van der Waals surface area contributed by atoms with Crippen LogP contribution in [0.3, 0.4) is 0 Å². The van der Waals surface area contributed by atoms with E-state index in [4.69, 9.17) is 0 Å². The van der Waals surface area contributed by atoms with Crippen molar-refractivity contribution in [3.8, 4) is 5.75 Å². The molecule has 0 aliphatic rings. The Bertz CT molecular complexity index is 1150. The van der Waals surface area contributed by atoms with E-state index in [1.54, 1.807) is 0 Å². The van der Waals surface area contributed by atoms with Crippen molar-refractivity contribution in [2.45, 2.75) is 32.2 Å². The number of aliphatic hydroxyl groups is 1. The average Bonchev–Trinajstić information content (AvgIpc) is 2.80. The summed E-state index contributed by atoms with van der Waals surface area (Å²) in [5, 5.41) is 10.6. The number of hydrogen-bond donors (Lipinski definition) is 1. The van der Waals surface area contributed by atoms with Crippen LogP contribution in [0.25, 0.3) is 0 Å². The molecule has 0 spiro atoms. The van der Waals surface area contributed by atoms with Crippen molar-refractivity contribution in [2.24, 2.45) is 0 Å². The van der Waals surface area contributed by atoms with Crippen molar-refractivity contribution in [1.82, 2.24) is 4.98 Å². The summed E-state index contributed by atoms with van der Waals surface area (Å²) in [6, 6.07) is 10.6. The van der Waals surface area contributed by atoms with Gasteiger partial charge in [0.25, 0.3) is 5.91 Å². The lowest BCUT2D eigenvalue weighted by atomic mass is 10.1. The number of rotatable bonds is 8. The Hall–Kier alpha value is -3.60. The van der Waals surface area contributed by atoms with Crippen molar-refractivity contribution in [1.29, 1.82) is 0 Å². The first-order chi connectivity index (χ1) is 16.5. The van der Waals surface area contributed by atoms with Gasteiger partial charge < -0.3 is 14.7 Å². The highest BCUT2D eigenvalue weighted by atomic mass is 19.4. The zero-order chi connectivity index (χ0) is 25.8. The zero-order valence-corrected chi connectivity index (χ0v) is 18.3. The fourth-order valence-electron chi connectivity index (χ4n) is 3.25. The molecule has 0 radical (unpaired) electrons. The number of anilines is 1. The molecule has 1 unspecified atom stereocenters. The third-order valence-electron chi connectivity index (χ3n) is 5.13. The number of alkyl halides is 5. The van der Waals surface area contributed by atoms with E-state index in [2.05, 4.69) is 9.72 Å². The first-order valence-corrected chi connectivity index (χ1v) is 10.3. The van der Waals surface area contributed by atoms with E-state index >= 15 is 0 Å². The lowest BCUT2D eigenvalue weighted by molar-refractivity contribution is -0.137. The van der Waals surface area contributed by atoms with Crippen molar-refractivity contribution >= 4 is 11.6 Å². The van der Waals surface area contributed by atoms with E-state index in [1.165, 1.54) is 37.3 Å². The molecular formula is C24H20F6N2O3. The maximum Gasteiger partial charge on any atom is 0.417 e. The van der Waals surface area contributed by atoms with Gasteiger partial charge in [0.15, 0.2) is 6.10 Å².